The van der Waals surface area contributed by atoms with Crippen molar-refractivity contribution in [3.8, 4) is 0 Å². The van der Waals surface area contributed by atoms with Crippen LogP contribution in [0.3, 0.4) is 0 Å². The van der Waals surface area contributed by atoms with Gasteiger partial charge >= 0.3 is 6.09 Å². The minimum Gasteiger partial charge on any atom is -0.444 e. The predicted molar refractivity (Wildman–Crippen MR) is 70.3 cm³/mol. The van der Waals surface area contributed by atoms with Crippen LogP contribution in [0.15, 0.2) is 0 Å². The first-order chi connectivity index (χ1) is 7.97. The monoisotopic (exact) mass is 251 g/mol. The zero-order chi connectivity index (χ0) is 13.6. The maximum absolute atomic E-state index is 11.9. The highest BCUT2D eigenvalue weighted by molar-refractivity contribution is 5.72. The third-order valence-corrected chi connectivity index (χ3v) is 5.57. The fourth-order valence-electron chi connectivity index (χ4n) is 4.63. The topological polar surface area (TPSA) is 38.3 Å². The van der Waals surface area contributed by atoms with Gasteiger partial charge in [0.2, 0.25) is 0 Å². The number of hydrogen-bond acceptors (Lipinski definition) is 2. The molecule has 0 aromatic rings. The molecule has 1 spiro atoms. The van der Waals surface area contributed by atoms with Crippen molar-refractivity contribution in [2.45, 2.75) is 71.9 Å². The number of amides is 1. The van der Waals surface area contributed by atoms with Crippen molar-refractivity contribution in [1.82, 2.24) is 5.32 Å². The Labute approximate surface area is 110 Å². The molecule has 3 saturated carbocycles. The van der Waals surface area contributed by atoms with E-state index in [0.717, 1.165) is 12.8 Å². The van der Waals surface area contributed by atoms with Crippen LogP contribution < -0.4 is 5.32 Å². The summed E-state index contributed by atoms with van der Waals surface area (Å²) in [5, 5.41) is 3.14. The molecule has 3 fully saturated rings. The van der Waals surface area contributed by atoms with Gasteiger partial charge in [-0.15, -0.1) is 0 Å². The lowest BCUT2D eigenvalue weighted by Crippen LogP contribution is -2.51. The predicted octanol–water partition coefficient (Wildman–Crippen LogP) is 3.48. The van der Waals surface area contributed by atoms with E-state index >= 15 is 0 Å². The van der Waals surface area contributed by atoms with Crippen LogP contribution in [0.2, 0.25) is 0 Å². The molecule has 3 heteroatoms. The van der Waals surface area contributed by atoms with Gasteiger partial charge < -0.3 is 10.1 Å². The Bertz CT molecular complexity index is 431. The van der Waals surface area contributed by atoms with Crippen LogP contribution in [-0.2, 0) is 4.74 Å². The van der Waals surface area contributed by atoms with Crippen LogP contribution in [-0.4, -0.2) is 17.2 Å². The van der Waals surface area contributed by atoms with E-state index in [0.29, 0.717) is 16.2 Å². The molecule has 0 bridgehead atoms. The Morgan fingerprint density at radius 2 is 1.67 bits per heavy atom. The molecule has 0 aliphatic heterocycles. The van der Waals surface area contributed by atoms with Crippen molar-refractivity contribution in [2.24, 2.45) is 16.2 Å². The van der Waals surface area contributed by atoms with Crippen molar-refractivity contribution in [1.29, 1.82) is 0 Å². The third-order valence-electron chi connectivity index (χ3n) is 5.57. The van der Waals surface area contributed by atoms with E-state index in [2.05, 4.69) is 26.1 Å². The SMILES string of the molecule is CC(C)(C)OC(=O)NC12CC3(C(C)(C)C)CC13C2. The zero-order valence-corrected chi connectivity index (χ0v) is 12.4. The Kier molecular flexibility index (Phi) is 1.87. The van der Waals surface area contributed by atoms with Gasteiger partial charge in [0.15, 0.2) is 0 Å². The largest absolute Gasteiger partial charge is 0.444 e. The van der Waals surface area contributed by atoms with Crippen LogP contribution in [0.25, 0.3) is 0 Å². The molecular weight excluding hydrogens is 226 g/mol. The Morgan fingerprint density at radius 3 is 2.06 bits per heavy atom. The lowest BCUT2D eigenvalue weighted by Gasteiger charge is -2.43. The molecule has 3 nitrogen and oxygen atoms in total. The average molecular weight is 251 g/mol. The van der Waals surface area contributed by atoms with Gasteiger partial charge in [0, 0.05) is 5.41 Å². The summed E-state index contributed by atoms with van der Waals surface area (Å²) >= 11 is 0. The normalized spacial score (nSPS) is 44.3. The minimum absolute atomic E-state index is 0.0859. The molecule has 3 aliphatic rings. The van der Waals surface area contributed by atoms with Gasteiger partial charge in [0.1, 0.15) is 5.60 Å². The number of carbonyl (C=O) groups excluding carboxylic acids is 1. The Hall–Kier alpha value is -0.730. The summed E-state index contributed by atoms with van der Waals surface area (Å²) in [5.41, 5.74) is 0.965. The molecule has 18 heavy (non-hydrogen) atoms. The van der Waals surface area contributed by atoms with E-state index in [1.54, 1.807) is 0 Å². The lowest BCUT2D eigenvalue weighted by molar-refractivity contribution is 0.0333. The summed E-state index contributed by atoms with van der Waals surface area (Å²) < 4.78 is 5.37. The highest BCUT2D eigenvalue weighted by atomic mass is 16.6. The van der Waals surface area contributed by atoms with Gasteiger partial charge in [-0.05, 0) is 50.9 Å². The van der Waals surface area contributed by atoms with Gasteiger partial charge in [-0.3, -0.25) is 0 Å². The first-order valence-electron chi connectivity index (χ1n) is 6.98. The maximum Gasteiger partial charge on any atom is 0.408 e. The van der Waals surface area contributed by atoms with Crippen LogP contribution in [0, 0.1) is 16.2 Å². The number of ether oxygens (including phenoxy) is 1. The molecule has 1 amide bonds. The first kappa shape index (κ1) is 12.3. The van der Waals surface area contributed by atoms with Gasteiger partial charge in [-0.25, -0.2) is 4.79 Å². The number of alkyl carbamates (subject to hydrolysis) is 1. The van der Waals surface area contributed by atoms with E-state index < -0.39 is 5.60 Å². The highest BCUT2D eigenvalue weighted by Gasteiger charge is 2.98. The summed E-state index contributed by atoms with van der Waals surface area (Å²) in [6, 6.07) is 0. The zero-order valence-electron chi connectivity index (χ0n) is 12.4. The molecule has 0 radical (unpaired) electrons. The number of carbonyl (C=O) groups is 1. The number of nitrogens with one attached hydrogen (secondary N) is 1. The lowest BCUT2D eigenvalue weighted by atomic mass is 9.65. The second-order valence-corrected chi connectivity index (χ2v) is 8.65. The summed E-state index contributed by atoms with van der Waals surface area (Å²) in [7, 11) is 0. The van der Waals surface area contributed by atoms with Gasteiger partial charge in [0.25, 0.3) is 0 Å². The third kappa shape index (κ3) is 1.23. The summed E-state index contributed by atoms with van der Waals surface area (Å²) in [6.07, 6.45) is 3.35. The van der Waals surface area contributed by atoms with Crippen molar-refractivity contribution < 1.29 is 9.53 Å². The van der Waals surface area contributed by atoms with E-state index in [4.69, 9.17) is 4.74 Å². The number of hydrogen-bond donors (Lipinski definition) is 1. The van der Waals surface area contributed by atoms with Crippen LogP contribution in [0.4, 0.5) is 4.79 Å². The van der Waals surface area contributed by atoms with Crippen LogP contribution in [0.1, 0.15) is 60.8 Å². The molecule has 3 atom stereocenters. The second kappa shape index (κ2) is 2.73. The second-order valence-electron chi connectivity index (χ2n) is 8.65. The van der Waals surface area contributed by atoms with Crippen molar-refractivity contribution in [3.63, 3.8) is 0 Å². The minimum atomic E-state index is -0.406. The molecule has 1 N–H and O–H groups in total. The van der Waals surface area contributed by atoms with Crippen LogP contribution >= 0.6 is 0 Å². The Balaban J connectivity index is 1.63. The molecule has 0 heterocycles. The maximum atomic E-state index is 11.9. The van der Waals surface area contributed by atoms with Crippen molar-refractivity contribution >= 4 is 6.09 Å². The van der Waals surface area contributed by atoms with Crippen LogP contribution in [0.5, 0.6) is 0 Å². The highest BCUT2D eigenvalue weighted by Crippen LogP contribution is 2.99. The molecule has 0 aromatic carbocycles. The molecule has 0 saturated heterocycles. The van der Waals surface area contributed by atoms with E-state index in [1.165, 1.54) is 6.42 Å². The average Bonchev–Trinajstić information content (AvgIpc) is 2.81. The van der Waals surface area contributed by atoms with Gasteiger partial charge in [-0.1, -0.05) is 20.8 Å². The summed E-state index contributed by atoms with van der Waals surface area (Å²) in [4.78, 5) is 11.9. The van der Waals surface area contributed by atoms with Crippen molar-refractivity contribution in [3.05, 3.63) is 0 Å². The molecule has 0 aromatic heterocycles. The first-order valence-corrected chi connectivity index (χ1v) is 6.98. The Morgan fingerprint density at radius 1 is 1.06 bits per heavy atom. The molecule has 3 rings (SSSR count). The fourth-order valence-corrected chi connectivity index (χ4v) is 4.63. The van der Waals surface area contributed by atoms with E-state index in [9.17, 15) is 4.79 Å². The van der Waals surface area contributed by atoms with Gasteiger partial charge in [-0.2, -0.15) is 0 Å². The molecular formula is C15H25NO2. The fraction of sp³-hybridized carbons (Fsp3) is 0.933. The summed E-state index contributed by atoms with van der Waals surface area (Å²) in [6.45, 7) is 12.7. The van der Waals surface area contributed by atoms with Gasteiger partial charge in [0.05, 0.1) is 5.54 Å². The quantitative estimate of drug-likeness (QED) is 0.775. The molecule has 3 aliphatic carbocycles. The van der Waals surface area contributed by atoms with Crippen molar-refractivity contribution in [2.75, 3.05) is 0 Å². The van der Waals surface area contributed by atoms with E-state index in [1.807, 2.05) is 20.8 Å². The smallest absolute Gasteiger partial charge is 0.408 e. The standard InChI is InChI=1S/C15H25NO2/c1-11(2,3)13-7-14(13)9-15(14,8-13)16-10(17)18-12(4,5)6/h7-9H2,1-6H3,(H,16,17). The molecule has 102 valence electrons. The van der Waals surface area contributed by atoms with E-state index in [-0.39, 0.29) is 11.6 Å². The molecule has 3 unspecified atom stereocenters. The summed E-state index contributed by atoms with van der Waals surface area (Å²) in [5.74, 6) is 0. The number of rotatable bonds is 1.